The van der Waals surface area contributed by atoms with Gasteiger partial charge in [-0.15, -0.1) is 0 Å². The van der Waals surface area contributed by atoms with Crippen molar-refractivity contribution in [3.63, 3.8) is 0 Å². The van der Waals surface area contributed by atoms with Gasteiger partial charge in [-0.2, -0.15) is 0 Å². The van der Waals surface area contributed by atoms with Crippen molar-refractivity contribution in [3.8, 4) is 0 Å². The number of rotatable bonds is 2. The van der Waals surface area contributed by atoms with Crippen molar-refractivity contribution in [1.29, 1.82) is 0 Å². The zero-order valence-corrected chi connectivity index (χ0v) is 11.4. The molecule has 0 atom stereocenters. The van der Waals surface area contributed by atoms with Crippen LogP contribution in [-0.4, -0.2) is 4.98 Å². The molecule has 0 saturated heterocycles. The molecule has 0 radical (unpaired) electrons. The molecule has 0 aliphatic rings. The third kappa shape index (κ3) is 2.16. The van der Waals surface area contributed by atoms with Gasteiger partial charge in [0.15, 0.2) is 0 Å². The van der Waals surface area contributed by atoms with Gasteiger partial charge in [0, 0.05) is 22.5 Å². The second kappa shape index (κ2) is 4.91. The predicted molar refractivity (Wildman–Crippen MR) is 78.7 cm³/mol. The van der Waals surface area contributed by atoms with E-state index in [4.69, 9.17) is 0 Å². The van der Waals surface area contributed by atoms with Crippen LogP contribution in [0.5, 0.6) is 0 Å². The Kier molecular flexibility index (Phi) is 3.11. The highest BCUT2D eigenvalue weighted by molar-refractivity contribution is 9.10. The van der Waals surface area contributed by atoms with Crippen molar-refractivity contribution in [2.75, 3.05) is 0 Å². The van der Waals surface area contributed by atoms with E-state index in [-0.39, 0.29) is 0 Å². The lowest BCUT2D eigenvalue weighted by atomic mass is 10.0. The Hall–Kier alpha value is -1.67. The Morgan fingerprint density at radius 2 is 1.67 bits per heavy atom. The molecular formula is C16H12BrN. The first kappa shape index (κ1) is 11.4. The summed E-state index contributed by atoms with van der Waals surface area (Å²) < 4.78 is 1.12. The number of fused-ring (bicyclic) bond motifs is 1. The lowest BCUT2D eigenvalue weighted by Crippen LogP contribution is -1.93. The van der Waals surface area contributed by atoms with Crippen LogP contribution in [0.15, 0.2) is 65.3 Å². The number of pyridine rings is 1. The van der Waals surface area contributed by atoms with Crippen LogP contribution in [0.2, 0.25) is 0 Å². The Morgan fingerprint density at radius 1 is 0.833 bits per heavy atom. The molecule has 3 aromatic rings. The van der Waals surface area contributed by atoms with Crippen LogP contribution in [0, 0.1) is 0 Å². The molecule has 0 aliphatic heterocycles. The van der Waals surface area contributed by atoms with Crippen molar-refractivity contribution in [2.24, 2.45) is 0 Å². The van der Waals surface area contributed by atoms with Gasteiger partial charge < -0.3 is 0 Å². The number of hydrogen-bond acceptors (Lipinski definition) is 1. The van der Waals surface area contributed by atoms with E-state index in [1.165, 1.54) is 16.3 Å². The van der Waals surface area contributed by atoms with Gasteiger partial charge in [0.1, 0.15) is 0 Å². The van der Waals surface area contributed by atoms with Gasteiger partial charge in [0.25, 0.3) is 0 Å². The highest BCUT2D eigenvalue weighted by Gasteiger charge is 2.05. The maximum Gasteiger partial charge on any atom is 0.0526 e. The second-order valence-corrected chi connectivity index (χ2v) is 5.11. The summed E-state index contributed by atoms with van der Waals surface area (Å²) in [6.07, 6.45) is 2.75. The van der Waals surface area contributed by atoms with Crippen LogP contribution >= 0.6 is 15.9 Å². The molecule has 18 heavy (non-hydrogen) atoms. The average Bonchev–Trinajstić information content (AvgIpc) is 2.41. The molecule has 0 N–H and O–H groups in total. The van der Waals surface area contributed by atoms with E-state index in [1.807, 2.05) is 18.3 Å². The molecule has 0 amide bonds. The minimum atomic E-state index is 0.870. The Morgan fingerprint density at radius 3 is 2.50 bits per heavy atom. The zero-order valence-electron chi connectivity index (χ0n) is 9.81. The lowest BCUT2D eigenvalue weighted by Gasteiger charge is -2.07. The number of hydrogen-bond donors (Lipinski definition) is 0. The molecule has 3 rings (SSSR count). The van der Waals surface area contributed by atoms with Gasteiger partial charge in [-0.3, -0.25) is 4.98 Å². The summed E-state index contributed by atoms with van der Waals surface area (Å²) in [6.45, 7) is 0. The van der Waals surface area contributed by atoms with Crippen LogP contribution < -0.4 is 0 Å². The van der Waals surface area contributed by atoms with E-state index in [1.54, 1.807) is 0 Å². The van der Waals surface area contributed by atoms with Crippen LogP contribution in [0.4, 0.5) is 0 Å². The fourth-order valence-electron chi connectivity index (χ4n) is 2.16. The molecule has 2 heteroatoms. The molecule has 0 spiro atoms. The molecule has 0 saturated carbocycles. The minimum Gasteiger partial charge on any atom is -0.260 e. The van der Waals surface area contributed by atoms with E-state index in [9.17, 15) is 0 Å². The van der Waals surface area contributed by atoms with Gasteiger partial charge in [0.2, 0.25) is 0 Å². The highest BCUT2D eigenvalue weighted by Crippen LogP contribution is 2.26. The largest absolute Gasteiger partial charge is 0.260 e. The van der Waals surface area contributed by atoms with Crippen molar-refractivity contribution in [2.45, 2.75) is 6.42 Å². The SMILES string of the molecule is Brc1cccc2c(Cc3ccccc3)nccc12. The molecule has 1 aromatic heterocycles. The van der Waals surface area contributed by atoms with E-state index in [2.05, 4.69) is 63.4 Å². The number of benzene rings is 2. The molecule has 0 bridgehead atoms. The summed E-state index contributed by atoms with van der Waals surface area (Å²) in [6, 6.07) is 18.7. The molecule has 88 valence electrons. The maximum absolute atomic E-state index is 4.52. The van der Waals surface area contributed by atoms with Gasteiger partial charge in [-0.25, -0.2) is 0 Å². The smallest absolute Gasteiger partial charge is 0.0526 e. The van der Waals surface area contributed by atoms with E-state index < -0.39 is 0 Å². The van der Waals surface area contributed by atoms with Gasteiger partial charge >= 0.3 is 0 Å². The zero-order chi connectivity index (χ0) is 12.4. The summed E-state index contributed by atoms with van der Waals surface area (Å²) in [7, 11) is 0. The van der Waals surface area contributed by atoms with Crippen LogP contribution in [0.1, 0.15) is 11.3 Å². The summed E-state index contributed by atoms with van der Waals surface area (Å²) in [5, 5.41) is 2.44. The molecule has 0 unspecified atom stereocenters. The first-order valence-electron chi connectivity index (χ1n) is 5.90. The molecule has 0 fully saturated rings. The third-order valence-electron chi connectivity index (χ3n) is 3.05. The lowest BCUT2D eigenvalue weighted by molar-refractivity contribution is 1.10. The van der Waals surface area contributed by atoms with Gasteiger partial charge in [-0.05, 0) is 23.1 Å². The molecule has 2 aromatic carbocycles. The fraction of sp³-hybridized carbons (Fsp3) is 0.0625. The Labute approximate surface area is 115 Å². The standard InChI is InChI=1S/C16H12BrN/c17-15-8-4-7-14-13(15)9-10-18-16(14)11-12-5-2-1-3-6-12/h1-10H,11H2. The van der Waals surface area contributed by atoms with E-state index in [0.717, 1.165) is 16.6 Å². The van der Waals surface area contributed by atoms with Crippen molar-refractivity contribution in [1.82, 2.24) is 4.98 Å². The summed E-state index contributed by atoms with van der Waals surface area (Å²) in [5.74, 6) is 0. The monoisotopic (exact) mass is 297 g/mol. The molecule has 1 heterocycles. The summed E-state index contributed by atoms with van der Waals surface area (Å²) in [4.78, 5) is 4.52. The van der Waals surface area contributed by atoms with Crippen LogP contribution in [-0.2, 0) is 6.42 Å². The summed E-state index contributed by atoms with van der Waals surface area (Å²) in [5.41, 5.74) is 2.41. The molecule has 1 nitrogen and oxygen atoms in total. The summed E-state index contributed by atoms with van der Waals surface area (Å²) >= 11 is 3.59. The fourth-order valence-corrected chi connectivity index (χ4v) is 2.66. The van der Waals surface area contributed by atoms with Crippen LogP contribution in [0.25, 0.3) is 10.8 Å². The maximum atomic E-state index is 4.52. The van der Waals surface area contributed by atoms with E-state index >= 15 is 0 Å². The second-order valence-electron chi connectivity index (χ2n) is 4.25. The van der Waals surface area contributed by atoms with Crippen molar-refractivity contribution >= 4 is 26.7 Å². The average molecular weight is 298 g/mol. The Balaban J connectivity index is 2.10. The van der Waals surface area contributed by atoms with E-state index in [0.29, 0.717) is 0 Å². The number of aromatic nitrogens is 1. The minimum absolute atomic E-state index is 0.870. The van der Waals surface area contributed by atoms with Crippen LogP contribution in [0.3, 0.4) is 0 Å². The predicted octanol–water partition coefficient (Wildman–Crippen LogP) is 4.59. The topological polar surface area (TPSA) is 12.9 Å². The normalized spacial score (nSPS) is 10.7. The van der Waals surface area contributed by atoms with Gasteiger partial charge in [0.05, 0.1) is 5.69 Å². The highest BCUT2D eigenvalue weighted by atomic mass is 79.9. The van der Waals surface area contributed by atoms with Crippen molar-refractivity contribution in [3.05, 3.63) is 76.5 Å². The third-order valence-corrected chi connectivity index (χ3v) is 3.74. The first-order chi connectivity index (χ1) is 8.84. The first-order valence-corrected chi connectivity index (χ1v) is 6.70. The molecule has 0 aliphatic carbocycles. The number of nitrogens with zero attached hydrogens (tertiary/aromatic N) is 1. The molecular weight excluding hydrogens is 286 g/mol. The Bertz CT molecular complexity index is 677. The quantitative estimate of drug-likeness (QED) is 0.674. The van der Waals surface area contributed by atoms with Crippen molar-refractivity contribution < 1.29 is 0 Å². The van der Waals surface area contributed by atoms with Gasteiger partial charge in [-0.1, -0.05) is 58.4 Å². The number of halogens is 1.